The average molecular weight is 326 g/mol. The number of amides is 1. The Morgan fingerprint density at radius 2 is 1.64 bits per heavy atom. The fraction of sp³-hybridized carbons (Fsp3) is 0.562. The van der Waals surface area contributed by atoms with Gasteiger partial charge in [0, 0.05) is 13.6 Å². The number of aryl methyl sites for hydroxylation is 2. The Bertz CT molecular complexity index is 640. The van der Waals surface area contributed by atoms with Crippen molar-refractivity contribution in [2.24, 2.45) is 0 Å². The van der Waals surface area contributed by atoms with Gasteiger partial charge in [-0.05, 0) is 56.4 Å². The average Bonchev–Trinajstić information content (AvgIpc) is 2.44. The van der Waals surface area contributed by atoms with E-state index in [1.54, 1.807) is 0 Å². The van der Waals surface area contributed by atoms with Crippen LogP contribution in [0, 0.1) is 27.7 Å². The molecule has 0 bridgehead atoms. The second-order valence-corrected chi connectivity index (χ2v) is 7.48. The topological polar surface area (TPSA) is 66.5 Å². The predicted molar refractivity (Wildman–Crippen MR) is 88.5 cm³/mol. The monoisotopic (exact) mass is 326 g/mol. The molecule has 0 aliphatic heterocycles. The molecule has 1 rings (SSSR count). The zero-order valence-corrected chi connectivity index (χ0v) is 15.1. The van der Waals surface area contributed by atoms with E-state index in [2.05, 4.69) is 5.32 Å². The van der Waals surface area contributed by atoms with Crippen LogP contribution in [0.3, 0.4) is 0 Å². The van der Waals surface area contributed by atoms with Crippen molar-refractivity contribution in [1.82, 2.24) is 9.62 Å². The highest BCUT2D eigenvalue weighted by Gasteiger charge is 2.29. The largest absolute Gasteiger partial charge is 0.358 e. The van der Waals surface area contributed by atoms with Crippen LogP contribution in [0.25, 0.3) is 0 Å². The SMILES string of the molecule is CCCN(CC(=O)NC)S(=O)(=O)c1c(C)c(C)cc(C)c1C. The molecule has 1 N–H and O–H groups in total. The lowest BCUT2D eigenvalue weighted by molar-refractivity contribution is -0.120. The van der Waals surface area contributed by atoms with Crippen LogP contribution in [-0.2, 0) is 14.8 Å². The Morgan fingerprint density at radius 1 is 1.14 bits per heavy atom. The molecular weight excluding hydrogens is 300 g/mol. The van der Waals surface area contributed by atoms with Gasteiger partial charge in [-0.3, -0.25) is 4.79 Å². The molecule has 6 heteroatoms. The molecule has 1 aromatic rings. The van der Waals surface area contributed by atoms with Gasteiger partial charge < -0.3 is 5.32 Å². The van der Waals surface area contributed by atoms with Gasteiger partial charge in [-0.1, -0.05) is 13.0 Å². The van der Waals surface area contributed by atoms with Gasteiger partial charge in [0.1, 0.15) is 0 Å². The van der Waals surface area contributed by atoms with E-state index in [0.717, 1.165) is 22.3 Å². The molecule has 5 nitrogen and oxygen atoms in total. The van der Waals surface area contributed by atoms with Gasteiger partial charge in [0.15, 0.2) is 0 Å². The number of rotatable bonds is 6. The highest BCUT2D eigenvalue weighted by molar-refractivity contribution is 7.89. The molecule has 0 aromatic heterocycles. The van der Waals surface area contributed by atoms with Crippen molar-refractivity contribution in [3.8, 4) is 0 Å². The molecule has 0 unspecified atom stereocenters. The molecule has 0 fully saturated rings. The Labute approximate surface area is 133 Å². The van der Waals surface area contributed by atoms with Gasteiger partial charge in [-0.15, -0.1) is 0 Å². The van der Waals surface area contributed by atoms with Gasteiger partial charge in [0.2, 0.25) is 15.9 Å². The third-order valence-electron chi connectivity index (χ3n) is 3.97. The zero-order valence-electron chi connectivity index (χ0n) is 14.3. The van der Waals surface area contributed by atoms with Crippen LogP contribution in [0.4, 0.5) is 0 Å². The number of likely N-dealkylation sites (N-methyl/N-ethyl adjacent to an activating group) is 1. The summed E-state index contributed by atoms with van der Waals surface area (Å²) >= 11 is 0. The summed E-state index contributed by atoms with van der Waals surface area (Å²) in [7, 11) is -2.20. The van der Waals surface area contributed by atoms with Crippen molar-refractivity contribution in [3.05, 3.63) is 28.3 Å². The number of nitrogens with zero attached hydrogens (tertiary/aromatic N) is 1. The normalized spacial score (nSPS) is 11.8. The molecular formula is C16H26N2O3S. The lowest BCUT2D eigenvalue weighted by Crippen LogP contribution is -2.40. The molecule has 124 valence electrons. The summed E-state index contributed by atoms with van der Waals surface area (Å²) in [4.78, 5) is 12.0. The Kier molecular flexibility index (Phi) is 6.14. The van der Waals surface area contributed by atoms with E-state index in [1.165, 1.54) is 11.4 Å². The van der Waals surface area contributed by atoms with Crippen LogP contribution in [0.1, 0.15) is 35.6 Å². The van der Waals surface area contributed by atoms with E-state index < -0.39 is 10.0 Å². The maximum Gasteiger partial charge on any atom is 0.244 e. The fourth-order valence-corrected chi connectivity index (χ4v) is 4.53. The summed E-state index contributed by atoms with van der Waals surface area (Å²) in [6, 6.07) is 1.99. The van der Waals surface area contributed by atoms with Crippen LogP contribution < -0.4 is 5.32 Å². The van der Waals surface area contributed by atoms with Gasteiger partial charge in [-0.2, -0.15) is 4.31 Å². The first-order chi connectivity index (χ1) is 10.2. The molecule has 0 aliphatic rings. The van der Waals surface area contributed by atoms with E-state index in [-0.39, 0.29) is 12.5 Å². The second-order valence-electron chi connectivity index (χ2n) is 5.60. The molecule has 0 spiro atoms. The third kappa shape index (κ3) is 3.67. The van der Waals surface area contributed by atoms with Gasteiger partial charge in [0.25, 0.3) is 0 Å². The molecule has 1 amide bonds. The number of nitrogens with one attached hydrogen (secondary N) is 1. The van der Waals surface area contributed by atoms with E-state index in [4.69, 9.17) is 0 Å². The van der Waals surface area contributed by atoms with Gasteiger partial charge in [-0.25, -0.2) is 8.42 Å². The van der Waals surface area contributed by atoms with Crippen LogP contribution in [0.5, 0.6) is 0 Å². The maximum atomic E-state index is 13.1. The highest BCUT2D eigenvalue weighted by atomic mass is 32.2. The van der Waals surface area contributed by atoms with Crippen LogP contribution >= 0.6 is 0 Å². The highest BCUT2D eigenvalue weighted by Crippen LogP contribution is 2.28. The molecule has 0 heterocycles. The van der Waals surface area contributed by atoms with Crippen LogP contribution in [0.15, 0.2) is 11.0 Å². The summed E-state index contributed by atoms with van der Waals surface area (Å²) in [5.74, 6) is -0.309. The van der Waals surface area contributed by atoms with Crippen molar-refractivity contribution in [3.63, 3.8) is 0 Å². The molecule has 22 heavy (non-hydrogen) atoms. The summed E-state index contributed by atoms with van der Waals surface area (Å²) < 4.78 is 27.4. The molecule has 0 radical (unpaired) electrons. The number of hydrogen-bond acceptors (Lipinski definition) is 3. The van der Waals surface area contributed by atoms with Crippen molar-refractivity contribution < 1.29 is 13.2 Å². The third-order valence-corrected chi connectivity index (χ3v) is 6.09. The number of carbonyl (C=O) groups is 1. The Morgan fingerprint density at radius 3 is 2.05 bits per heavy atom. The maximum absolute atomic E-state index is 13.1. The smallest absolute Gasteiger partial charge is 0.244 e. The first-order valence-corrected chi connectivity index (χ1v) is 8.88. The van der Waals surface area contributed by atoms with Crippen LogP contribution in [0.2, 0.25) is 0 Å². The first-order valence-electron chi connectivity index (χ1n) is 7.44. The molecule has 0 saturated carbocycles. The summed E-state index contributed by atoms with van der Waals surface area (Å²) in [6.45, 7) is 9.51. The minimum Gasteiger partial charge on any atom is -0.358 e. The minimum absolute atomic E-state index is 0.154. The predicted octanol–water partition coefficient (Wildman–Crippen LogP) is 2.07. The van der Waals surface area contributed by atoms with Crippen molar-refractivity contribution >= 4 is 15.9 Å². The van der Waals surface area contributed by atoms with Gasteiger partial charge in [0.05, 0.1) is 11.4 Å². The lowest BCUT2D eigenvalue weighted by atomic mass is 10.0. The minimum atomic E-state index is -3.70. The molecule has 0 atom stereocenters. The van der Waals surface area contributed by atoms with Crippen molar-refractivity contribution in [2.45, 2.75) is 45.9 Å². The van der Waals surface area contributed by atoms with Crippen molar-refractivity contribution in [1.29, 1.82) is 0 Å². The Hall–Kier alpha value is -1.40. The van der Waals surface area contributed by atoms with E-state index in [9.17, 15) is 13.2 Å². The number of hydrogen-bond donors (Lipinski definition) is 1. The summed E-state index contributed by atoms with van der Waals surface area (Å²) in [5.41, 5.74) is 3.39. The van der Waals surface area contributed by atoms with E-state index >= 15 is 0 Å². The first kappa shape index (κ1) is 18.6. The zero-order chi connectivity index (χ0) is 17.1. The number of benzene rings is 1. The molecule has 0 aliphatic carbocycles. The van der Waals surface area contributed by atoms with Crippen molar-refractivity contribution in [2.75, 3.05) is 20.1 Å². The number of sulfonamides is 1. The van der Waals surface area contributed by atoms with E-state index in [1.807, 2.05) is 40.7 Å². The van der Waals surface area contributed by atoms with Crippen LogP contribution in [-0.4, -0.2) is 38.8 Å². The fourth-order valence-electron chi connectivity index (χ4n) is 2.47. The molecule has 0 saturated heterocycles. The number of carbonyl (C=O) groups excluding carboxylic acids is 1. The summed E-state index contributed by atoms with van der Waals surface area (Å²) in [6.07, 6.45) is 0.652. The van der Waals surface area contributed by atoms with E-state index in [0.29, 0.717) is 17.9 Å². The van der Waals surface area contributed by atoms with Gasteiger partial charge >= 0.3 is 0 Å². The molecule has 1 aromatic carbocycles. The standard InChI is InChI=1S/C16H26N2O3S/c1-7-8-18(10-15(19)17-6)22(20,21)16-13(4)11(2)9-12(3)14(16)5/h9H,7-8,10H2,1-6H3,(H,17,19). The second kappa shape index (κ2) is 7.24. The lowest BCUT2D eigenvalue weighted by Gasteiger charge is -2.24. The quantitative estimate of drug-likeness (QED) is 0.870. The summed E-state index contributed by atoms with van der Waals surface area (Å²) in [5, 5.41) is 2.48. The Balaban J connectivity index is 3.47.